The summed E-state index contributed by atoms with van der Waals surface area (Å²) in [5, 5.41) is 40.0. The van der Waals surface area contributed by atoms with Crippen molar-refractivity contribution in [1.82, 2.24) is 4.57 Å². The number of rotatable bonds is 5. The molecule has 1 atom stereocenters. The van der Waals surface area contributed by atoms with Crippen LogP contribution in [0.5, 0.6) is 11.6 Å². The lowest BCUT2D eigenvalue weighted by atomic mass is 9.99. The predicted octanol–water partition coefficient (Wildman–Crippen LogP) is 9.36. The molecule has 0 fully saturated rings. The summed E-state index contributed by atoms with van der Waals surface area (Å²) in [6, 6.07) is 17.2. The van der Waals surface area contributed by atoms with Gasteiger partial charge in [0.2, 0.25) is 5.88 Å². The average Bonchev–Trinajstić information content (AvgIpc) is 3.23. The molecule has 222 valence electrons. The number of aliphatic hydroxyl groups is 1. The first kappa shape index (κ1) is 29.6. The third-order valence-corrected chi connectivity index (χ3v) is 7.09. The molecule has 0 saturated heterocycles. The van der Waals surface area contributed by atoms with E-state index in [0.29, 0.717) is 5.69 Å². The van der Waals surface area contributed by atoms with Gasteiger partial charge in [0.15, 0.2) is 17.5 Å². The van der Waals surface area contributed by atoms with E-state index >= 15 is 0 Å². The third-order valence-electron chi connectivity index (χ3n) is 7.09. The Bertz CT molecular complexity index is 1880. The fourth-order valence-electron chi connectivity index (χ4n) is 4.67. The minimum Gasteiger partial charge on any atom is -0.505 e. The normalized spacial score (nSPS) is 13.2. The summed E-state index contributed by atoms with van der Waals surface area (Å²) in [4.78, 5) is 0. The quantitative estimate of drug-likeness (QED) is 0.139. The smallest absolute Gasteiger partial charge is 0.418 e. The fraction of sp³-hybridized carbons (Fsp3) is 0.161. The highest BCUT2D eigenvalue weighted by atomic mass is 19.4. The summed E-state index contributed by atoms with van der Waals surface area (Å²) in [5.41, 5.74) is 0.757. The van der Waals surface area contributed by atoms with Gasteiger partial charge in [-0.1, -0.05) is 36.4 Å². The van der Waals surface area contributed by atoms with Gasteiger partial charge in [0.05, 0.1) is 11.1 Å². The van der Waals surface area contributed by atoms with Crippen LogP contribution in [0.3, 0.4) is 0 Å². The number of nitrogens with zero attached hydrogens (tertiary/aromatic N) is 3. The second kappa shape index (κ2) is 10.8. The maximum absolute atomic E-state index is 13.6. The number of aryl methyl sites for hydroxylation is 2. The fourth-order valence-corrected chi connectivity index (χ4v) is 4.67. The molecule has 0 bridgehead atoms. The second-order valence-corrected chi connectivity index (χ2v) is 9.95. The van der Waals surface area contributed by atoms with E-state index in [0.717, 1.165) is 41.5 Å². The number of halogens is 6. The maximum atomic E-state index is 13.6. The highest BCUT2D eigenvalue weighted by molar-refractivity contribution is 5.97. The second-order valence-electron chi connectivity index (χ2n) is 9.95. The molecule has 0 radical (unpaired) electrons. The molecule has 0 spiro atoms. The topological polar surface area (TPSA) is 90.3 Å². The van der Waals surface area contributed by atoms with Crippen molar-refractivity contribution >= 4 is 22.3 Å². The monoisotopic (exact) mass is 599 g/mol. The van der Waals surface area contributed by atoms with Crippen LogP contribution in [0.4, 0.5) is 37.7 Å². The van der Waals surface area contributed by atoms with Gasteiger partial charge in [-0.3, -0.25) is 4.57 Å². The Balaban J connectivity index is 1.62. The maximum Gasteiger partial charge on any atom is 0.418 e. The number of hydrogen-bond donors (Lipinski definition) is 3. The molecule has 3 N–H and O–H groups in total. The van der Waals surface area contributed by atoms with Crippen LogP contribution in [0.15, 0.2) is 89.1 Å². The predicted molar refractivity (Wildman–Crippen MR) is 148 cm³/mol. The summed E-state index contributed by atoms with van der Waals surface area (Å²) in [6.07, 6.45) is -12.3. The van der Waals surface area contributed by atoms with E-state index in [1.165, 1.54) is 34.9 Å². The summed E-state index contributed by atoms with van der Waals surface area (Å²) < 4.78 is 81.1. The Kier molecular flexibility index (Phi) is 7.43. The van der Waals surface area contributed by atoms with E-state index in [-0.39, 0.29) is 33.4 Å². The van der Waals surface area contributed by atoms with Crippen molar-refractivity contribution in [3.63, 3.8) is 0 Å². The van der Waals surface area contributed by atoms with Gasteiger partial charge in [-0.05, 0) is 78.6 Å². The van der Waals surface area contributed by atoms with Gasteiger partial charge < -0.3 is 15.3 Å². The lowest BCUT2D eigenvalue weighted by Crippen LogP contribution is -2.20. The van der Waals surface area contributed by atoms with Crippen LogP contribution in [-0.2, 0) is 6.18 Å². The molecule has 0 aliphatic carbocycles. The molecule has 5 rings (SSSR count). The lowest BCUT2D eigenvalue weighted by Gasteiger charge is -2.16. The van der Waals surface area contributed by atoms with Crippen molar-refractivity contribution in [2.75, 3.05) is 0 Å². The van der Waals surface area contributed by atoms with Gasteiger partial charge in [-0.25, -0.2) is 0 Å². The summed E-state index contributed by atoms with van der Waals surface area (Å²) in [7, 11) is 0. The van der Waals surface area contributed by atoms with E-state index < -0.39 is 41.2 Å². The molecule has 0 saturated carbocycles. The van der Waals surface area contributed by atoms with Gasteiger partial charge in [0.1, 0.15) is 5.69 Å². The van der Waals surface area contributed by atoms with Crippen LogP contribution < -0.4 is 0 Å². The standard InChI is InChI=1S/C31H23F6N3O3/c1-16-9-11-21(13-17(16)2)40-25-15-20(30(32,33)34)10-12-23(25)26(29(40)43)39-38-24-8-4-7-22(27(24)41)18-5-3-6-19(14-18)28(42)31(35,36)37/h3-15,28,41-43H,1-2H3. The van der Waals surface area contributed by atoms with E-state index in [4.69, 9.17) is 0 Å². The molecule has 1 aromatic heterocycles. The summed E-state index contributed by atoms with van der Waals surface area (Å²) in [5.74, 6) is -0.951. The Labute approximate surface area is 240 Å². The van der Waals surface area contributed by atoms with Gasteiger partial charge in [-0.2, -0.15) is 26.3 Å². The zero-order valence-corrected chi connectivity index (χ0v) is 22.5. The Morgan fingerprint density at radius 1 is 0.767 bits per heavy atom. The highest BCUT2D eigenvalue weighted by Gasteiger charge is 2.39. The number of alkyl halides is 6. The van der Waals surface area contributed by atoms with Gasteiger partial charge in [0, 0.05) is 16.6 Å². The van der Waals surface area contributed by atoms with Crippen LogP contribution in [0, 0.1) is 13.8 Å². The first-order chi connectivity index (χ1) is 20.2. The number of azo groups is 1. The zero-order chi connectivity index (χ0) is 31.3. The SMILES string of the molecule is Cc1ccc(-n2c(O)c(N=Nc3cccc(-c4cccc(C(O)C(F)(F)F)c4)c3O)c3ccc(C(F)(F)F)cc32)cc1C. The number of aliphatic hydroxyl groups excluding tert-OH is 1. The lowest BCUT2D eigenvalue weighted by molar-refractivity contribution is -0.206. The van der Waals surface area contributed by atoms with Crippen LogP contribution in [0.2, 0.25) is 0 Å². The van der Waals surface area contributed by atoms with E-state index in [1.54, 1.807) is 18.2 Å². The molecule has 6 nitrogen and oxygen atoms in total. The molecular weight excluding hydrogens is 576 g/mol. The molecule has 1 heterocycles. The molecule has 1 unspecified atom stereocenters. The minimum absolute atomic E-state index is 0.0162. The number of aromatic hydroxyl groups is 2. The number of benzene rings is 4. The number of para-hydroxylation sites is 1. The van der Waals surface area contributed by atoms with Crippen LogP contribution in [-0.4, -0.2) is 26.1 Å². The molecule has 0 aliphatic rings. The number of phenolic OH excluding ortho intramolecular Hbond substituents is 1. The van der Waals surface area contributed by atoms with Crippen molar-refractivity contribution in [2.24, 2.45) is 10.2 Å². The molecule has 4 aromatic carbocycles. The molecule has 12 heteroatoms. The average molecular weight is 600 g/mol. The Morgan fingerprint density at radius 3 is 2.16 bits per heavy atom. The van der Waals surface area contributed by atoms with Gasteiger partial charge in [-0.15, -0.1) is 10.2 Å². The van der Waals surface area contributed by atoms with Crippen molar-refractivity contribution in [3.05, 3.63) is 101 Å². The Hall–Kier alpha value is -4.84. The summed E-state index contributed by atoms with van der Waals surface area (Å²) >= 11 is 0. The van der Waals surface area contributed by atoms with E-state index in [2.05, 4.69) is 10.2 Å². The number of aromatic nitrogens is 1. The molecule has 43 heavy (non-hydrogen) atoms. The molecule has 5 aromatic rings. The van der Waals surface area contributed by atoms with Crippen LogP contribution >= 0.6 is 0 Å². The Morgan fingerprint density at radius 2 is 1.49 bits per heavy atom. The van der Waals surface area contributed by atoms with Crippen molar-refractivity contribution in [2.45, 2.75) is 32.3 Å². The third kappa shape index (κ3) is 5.65. The first-order valence-electron chi connectivity index (χ1n) is 12.8. The van der Waals surface area contributed by atoms with Crippen LogP contribution in [0.1, 0.15) is 28.4 Å². The molecule has 0 amide bonds. The molecule has 0 aliphatic heterocycles. The van der Waals surface area contributed by atoms with Crippen molar-refractivity contribution < 1.29 is 41.7 Å². The summed E-state index contributed by atoms with van der Waals surface area (Å²) in [6.45, 7) is 3.68. The largest absolute Gasteiger partial charge is 0.505 e. The van der Waals surface area contributed by atoms with E-state index in [9.17, 15) is 41.7 Å². The number of phenols is 1. The van der Waals surface area contributed by atoms with Gasteiger partial charge >= 0.3 is 12.4 Å². The highest BCUT2D eigenvalue weighted by Crippen LogP contribution is 2.45. The number of fused-ring (bicyclic) bond motifs is 1. The molecular formula is C31H23F6N3O3. The minimum atomic E-state index is -4.89. The van der Waals surface area contributed by atoms with Crippen molar-refractivity contribution in [3.8, 4) is 28.4 Å². The van der Waals surface area contributed by atoms with E-state index in [1.807, 2.05) is 13.8 Å². The van der Waals surface area contributed by atoms with Crippen molar-refractivity contribution in [1.29, 1.82) is 0 Å². The van der Waals surface area contributed by atoms with Gasteiger partial charge in [0.25, 0.3) is 0 Å². The first-order valence-corrected chi connectivity index (χ1v) is 12.8. The van der Waals surface area contributed by atoms with Crippen LogP contribution in [0.25, 0.3) is 27.7 Å². The number of hydrogen-bond acceptors (Lipinski definition) is 5. The zero-order valence-electron chi connectivity index (χ0n) is 22.5.